The Hall–Kier alpha value is -2.33. The van der Waals surface area contributed by atoms with Crippen LogP contribution in [-0.4, -0.2) is 48.5 Å². The molecule has 4 rings (SSSR count). The van der Waals surface area contributed by atoms with E-state index >= 15 is 0 Å². The topological polar surface area (TPSA) is 81.0 Å². The Kier molecular flexibility index (Phi) is 5.87. The first-order chi connectivity index (χ1) is 14.6. The quantitative estimate of drug-likeness (QED) is 0.603. The number of hydrogen-bond acceptors (Lipinski definition) is 5. The molecule has 1 fully saturated rings. The average molecular weight is 460 g/mol. The Labute approximate surface area is 185 Å². The number of amides is 1. The van der Waals surface area contributed by atoms with Gasteiger partial charge in [-0.15, -0.1) is 0 Å². The maximum Gasteiger partial charge on any atom is 0.279 e. The summed E-state index contributed by atoms with van der Waals surface area (Å²) in [5.41, 5.74) is 2.50. The standard InChI is InChI=1S/C22H25N3O4S2/c1-14-5-10-19-20(11-14)30-22(24(19)4)23-21(26)17-6-8-18(9-7-17)31(27,28)25-12-15(2)29-16(3)13-25/h5-11,15-16H,12-13H2,1-4H3/t15-,16-/m1/s1. The van der Waals surface area contributed by atoms with Crippen molar-refractivity contribution in [2.45, 2.75) is 37.9 Å². The monoisotopic (exact) mass is 459 g/mol. The predicted octanol–water partition coefficient (Wildman–Crippen LogP) is 3.09. The summed E-state index contributed by atoms with van der Waals surface area (Å²) in [6.45, 7) is 6.36. The molecule has 2 heterocycles. The van der Waals surface area contributed by atoms with Gasteiger partial charge in [0, 0.05) is 25.7 Å². The van der Waals surface area contributed by atoms with E-state index in [9.17, 15) is 13.2 Å². The average Bonchev–Trinajstić information content (AvgIpc) is 3.01. The molecule has 7 nitrogen and oxygen atoms in total. The molecule has 2 atom stereocenters. The fraction of sp³-hybridized carbons (Fsp3) is 0.364. The number of carbonyl (C=O) groups is 1. The van der Waals surface area contributed by atoms with Crippen molar-refractivity contribution in [2.75, 3.05) is 13.1 Å². The van der Waals surface area contributed by atoms with Gasteiger partial charge in [0.2, 0.25) is 10.0 Å². The number of aryl methyl sites for hydroxylation is 2. The Morgan fingerprint density at radius 2 is 1.74 bits per heavy atom. The number of ether oxygens (including phenoxy) is 1. The highest BCUT2D eigenvalue weighted by atomic mass is 32.2. The second kappa shape index (κ2) is 8.31. The number of hydrogen-bond donors (Lipinski definition) is 0. The van der Waals surface area contributed by atoms with Gasteiger partial charge in [0.05, 0.1) is 27.3 Å². The summed E-state index contributed by atoms with van der Waals surface area (Å²) in [6.07, 6.45) is -0.326. The Balaban J connectivity index is 1.60. The maximum atomic E-state index is 13.0. The molecule has 1 aromatic heterocycles. The molecule has 0 aliphatic carbocycles. The Morgan fingerprint density at radius 1 is 1.10 bits per heavy atom. The van der Waals surface area contributed by atoms with Gasteiger partial charge in [-0.2, -0.15) is 9.30 Å². The number of rotatable bonds is 3. The van der Waals surface area contributed by atoms with Crippen LogP contribution in [0.15, 0.2) is 52.4 Å². The van der Waals surface area contributed by atoms with Crippen molar-refractivity contribution in [3.63, 3.8) is 0 Å². The predicted molar refractivity (Wildman–Crippen MR) is 121 cm³/mol. The van der Waals surface area contributed by atoms with Gasteiger partial charge < -0.3 is 9.30 Å². The number of carbonyl (C=O) groups excluding carboxylic acids is 1. The van der Waals surface area contributed by atoms with Crippen molar-refractivity contribution < 1.29 is 17.9 Å². The number of morpholine rings is 1. The van der Waals surface area contributed by atoms with Crippen LogP contribution < -0.4 is 4.80 Å². The van der Waals surface area contributed by atoms with Crippen molar-refractivity contribution in [3.8, 4) is 0 Å². The number of aromatic nitrogens is 1. The fourth-order valence-electron chi connectivity index (χ4n) is 3.74. The van der Waals surface area contributed by atoms with E-state index in [-0.39, 0.29) is 17.1 Å². The number of sulfonamides is 1. The van der Waals surface area contributed by atoms with E-state index < -0.39 is 15.9 Å². The second-order valence-electron chi connectivity index (χ2n) is 7.94. The molecule has 1 saturated heterocycles. The molecule has 1 aliphatic heterocycles. The number of benzene rings is 2. The molecule has 0 bridgehead atoms. The van der Waals surface area contributed by atoms with Gasteiger partial charge in [0.15, 0.2) is 4.80 Å². The van der Waals surface area contributed by atoms with Gasteiger partial charge in [0.1, 0.15) is 0 Å². The number of fused-ring (bicyclic) bond motifs is 1. The Bertz CT molecular complexity index is 1300. The maximum absolute atomic E-state index is 13.0. The van der Waals surface area contributed by atoms with Gasteiger partial charge in [0.25, 0.3) is 5.91 Å². The first kappa shape index (κ1) is 21.9. The smallest absolute Gasteiger partial charge is 0.279 e. The molecule has 2 aromatic carbocycles. The third-order valence-corrected chi connectivity index (χ3v) is 8.23. The van der Waals surface area contributed by atoms with Crippen molar-refractivity contribution >= 4 is 37.5 Å². The molecule has 31 heavy (non-hydrogen) atoms. The van der Waals surface area contributed by atoms with Crippen LogP contribution in [0.5, 0.6) is 0 Å². The van der Waals surface area contributed by atoms with Gasteiger partial charge in [-0.05, 0) is 62.7 Å². The summed E-state index contributed by atoms with van der Waals surface area (Å²) in [5.74, 6) is -0.406. The normalized spacial score (nSPS) is 21.0. The van der Waals surface area contributed by atoms with Crippen LogP contribution in [0.1, 0.15) is 29.8 Å². The lowest BCUT2D eigenvalue weighted by atomic mass is 10.2. The third kappa shape index (κ3) is 4.36. The van der Waals surface area contributed by atoms with Crippen LogP contribution in [-0.2, 0) is 21.8 Å². The summed E-state index contributed by atoms with van der Waals surface area (Å²) in [7, 11) is -1.77. The first-order valence-corrected chi connectivity index (χ1v) is 12.3. The highest BCUT2D eigenvalue weighted by molar-refractivity contribution is 7.89. The van der Waals surface area contributed by atoms with Crippen LogP contribution >= 0.6 is 11.3 Å². The molecular formula is C22H25N3O4S2. The first-order valence-electron chi connectivity index (χ1n) is 10.1. The molecule has 0 radical (unpaired) electrons. The van der Waals surface area contributed by atoms with Crippen LogP contribution in [0.25, 0.3) is 10.2 Å². The fourth-order valence-corrected chi connectivity index (χ4v) is 6.45. The van der Waals surface area contributed by atoms with E-state index in [4.69, 9.17) is 4.74 Å². The zero-order valence-corrected chi connectivity index (χ0v) is 19.5. The molecule has 1 aliphatic rings. The number of thiazole rings is 1. The molecule has 0 unspecified atom stereocenters. The second-order valence-corrected chi connectivity index (χ2v) is 10.9. The summed E-state index contributed by atoms with van der Waals surface area (Å²) in [5, 5.41) is 0. The lowest BCUT2D eigenvalue weighted by Crippen LogP contribution is -2.48. The summed E-state index contributed by atoms with van der Waals surface area (Å²) in [4.78, 5) is 17.7. The van der Waals surface area contributed by atoms with Crippen molar-refractivity contribution in [2.24, 2.45) is 12.0 Å². The molecule has 0 N–H and O–H groups in total. The van der Waals surface area contributed by atoms with E-state index in [0.29, 0.717) is 23.5 Å². The van der Waals surface area contributed by atoms with Gasteiger partial charge >= 0.3 is 0 Å². The summed E-state index contributed by atoms with van der Waals surface area (Å²) < 4.78 is 36.0. The molecule has 164 valence electrons. The van der Waals surface area contributed by atoms with Crippen molar-refractivity contribution in [1.29, 1.82) is 0 Å². The van der Waals surface area contributed by atoms with Crippen LogP contribution in [0.2, 0.25) is 0 Å². The summed E-state index contributed by atoms with van der Waals surface area (Å²) in [6, 6.07) is 12.1. The molecule has 9 heteroatoms. The van der Waals surface area contributed by atoms with E-state index in [0.717, 1.165) is 15.8 Å². The van der Waals surface area contributed by atoms with Gasteiger partial charge in [-0.3, -0.25) is 4.79 Å². The zero-order chi connectivity index (χ0) is 22.3. The lowest BCUT2D eigenvalue weighted by Gasteiger charge is -2.34. The van der Waals surface area contributed by atoms with E-state index in [1.54, 1.807) is 0 Å². The van der Waals surface area contributed by atoms with Crippen LogP contribution in [0.3, 0.4) is 0 Å². The van der Waals surface area contributed by atoms with Crippen LogP contribution in [0.4, 0.5) is 0 Å². The third-order valence-electron chi connectivity index (χ3n) is 5.29. The highest BCUT2D eigenvalue weighted by Gasteiger charge is 2.32. The molecule has 0 saturated carbocycles. The molecule has 0 spiro atoms. The van der Waals surface area contributed by atoms with Crippen molar-refractivity contribution in [3.05, 3.63) is 58.4 Å². The largest absolute Gasteiger partial charge is 0.373 e. The zero-order valence-electron chi connectivity index (χ0n) is 17.9. The molecule has 3 aromatic rings. The van der Waals surface area contributed by atoms with E-state index in [1.165, 1.54) is 39.9 Å². The minimum atomic E-state index is -3.65. The van der Waals surface area contributed by atoms with E-state index in [2.05, 4.69) is 11.1 Å². The van der Waals surface area contributed by atoms with Crippen LogP contribution in [0, 0.1) is 6.92 Å². The SMILES string of the molecule is Cc1ccc2c(c1)sc(=NC(=O)c1ccc(S(=O)(=O)N3C[C@@H](C)O[C@H](C)C3)cc1)n2C. The highest BCUT2D eigenvalue weighted by Crippen LogP contribution is 2.22. The van der Waals surface area contributed by atoms with Gasteiger partial charge in [-0.1, -0.05) is 17.4 Å². The Morgan fingerprint density at radius 3 is 2.39 bits per heavy atom. The minimum Gasteiger partial charge on any atom is -0.373 e. The molecular weight excluding hydrogens is 434 g/mol. The van der Waals surface area contributed by atoms with Gasteiger partial charge in [-0.25, -0.2) is 8.42 Å². The minimum absolute atomic E-state index is 0.160. The van der Waals surface area contributed by atoms with Crippen molar-refractivity contribution in [1.82, 2.24) is 8.87 Å². The van der Waals surface area contributed by atoms with E-state index in [1.807, 2.05) is 44.5 Å². The lowest BCUT2D eigenvalue weighted by molar-refractivity contribution is -0.0440. The molecule has 1 amide bonds. The number of nitrogens with zero attached hydrogens (tertiary/aromatic N) is 3. The summed E-state index contributed by atoms with van der Waals surface area (Å²) >= 11 is 1.45.